The molecule has 0 radical (unpaired) electrons. The van der Waals surface area contributed by atoms with Crippen molar-refractivity contribution in [1.82, 2.24) is 0 Å². The zero-order chi connectivity index (χ0) is 15.8. The first-order valence-electron chi connectivity index (χ1n) is 7.82. The van der Waals surface area contributed by atoms with Gasteiger partial charge < -0.3 is 5.32 Å². The number of rotatable bonds is 8. The summed E-state index contributed by atoms with van der Waals surface area (Å²) in [4.78, 5) is 23.2. The molecule has 0 saturated carbocycles. The third-order valence-electron chi connectivity index (χ3n) is 3.50. The van der Waals surface area contributed by atoms with E-state index in [2.05, 4.69) is 11.4 Å². The summed E-state index contributed by atoms with van der Waals surface area (Å²) >= 11 is 0. The van der Waals surface area contributed by atoms with Crippen LogP contribution in [-0.2, 0) is 16.0 Å². The highest BCUT2D eigenvalue weighted by molar-refractivity contribution is 5.92. The van der Waals surface area contributed by atoms with Crippen LogP contribution in [0.4, 0.5) is 5.69 Å². The Morgan fingerprint density at radius 1 is 1.10 bits per heavy atom. The number of benzene rings is 1. The summed E-state index contributed by atoms with van der Waals surface area (Å²) in [7, 11) is 0. The lowest BCUT2D eigenvalue weighted by atomic mass is 10.0. The molecule has 0 aliphatic carbocycles. The van der Waals surface area contributed by atoms with Crippen molar-refractivity contribution in [2.24, 2.45) is 11.8 Å². The van der Waals surface area contributed by atoms with E-state index >= 15 is 0 Å². The van der Waals surface area contributed by atoms with E-state index in [0.29, 0.717) is 12.2 Å². The lowest BCUT2D eigenvalue weighted by Crippen LogP contribution is -2.17. The minimum atomic E-state index is -0.0179. The van der Waals surface area contributed by atoms with Crippen LogP contribution in [-0.4, -0.2) is 11.7 Å². The highest BCUT2D eigenvalue weighted by atomic mass is 16.1. The third-order valence-corrected chi connectivity index (χ3v) is 3.50. The number of unbranched alkanes of at least 4 members (excludes halogenated alkanes) is 1. The molecule has 3 heteroatoms. The van der Waals surface area contributed by atoms with Gasteiger partial charge in [0.1, 0.15) is 5.78 Å². The van der Waals surface area contributed by atoms with E-state index in [1.807, 2.05) is 45.9 Å². The van der Waals surface area contributed by atoms with Crippen molar-refractivity contribution in [2.45, 2.75) is 53.4 Å². The van der Waals surface area contributed by atoms with E-state index in [1.54, 1.807) is 0 Å². The summed E-state index contributed by atoms with van der Waals surface area (Å²) < 4.78 is 0. The van der Waals surface area contributed by atoms with E-state index in [1.165, 1.54) is 5.56 Å². The molecule has 0 fully saturated rings. The fourth-order valence-corrected chi connectivity index (χ4v) is 2.01. The van der Waals surface area contributed by atoms with E-state index in [0.717, 1.165) is 24.9 Å². The molecular formula is C18H29NO2. The molecule has 0 aliphatic heterocycles. The topological polar surface area (TPSA) is 46.2 Å². The molecule has 1 rings (SSSR count). The molecule has 1 amide bonds. The third kappa shape index (κ3) is 6.56. The quantitative estimate of drug-likeness (QED) is 0.718. The number of Topliss-reactive ketones (excluding diaryl/α,β-unsaturated/α-hetero) is 1. The van der Waals surface area contributed by atoms with Gasteiger partial charge in [0.25, 0.3) is 0 Å². The summed E-state index contributed by atoms with van der Waals surface area (Å²) in [6.07, 6.45) is 3.54. The van der Waals surface area contributed by atoms with Gasteiger partial charge in [0.05, 0.1) is 0 Å². The number of aryl methyl sites for hydroxylation is 1. The second kappa shape index (κ2) is 8.60. The predicted molar refractivity (Wildman–Crippen MR) is 89.4 cm³/mol. The van der Waals surface area contributed by atoms with Crippen molar-refractivity contribution in [3.63, 3.8) is 0 Å². The number of nitrogens with one attached hydrogen (secondary N) is 1. The first-order chi connectivity index (χ1) is 9.90. The number of anilines is 1. The normalized spacial score (nSPS) is 11.0. The summed E-state index contributed by atoms with van der Waals surface area (Å²) in [6.45, 7) is 7.66. The Labute approximate surface area is 129 Å². The molecule has 0 aromatic heterocycles. The van der Waals surface area contributed by atoms with Crippen molar-refractivity contribution in [3.8, 4) is 0 Å². The van der Waals surface area contributed by atoms with Crippen molar-refractivity contribution in [2.75, 3.05) is 5.32 Å². The van der Waals surface area contributed by atoms with Crippen LogP contribution >= 0.6 is 0 Å². The van der Waals surface area contributed by atoms with Crippen LogP contribution < -0.4 is 5.32 Å². The standard InChI is InChI=1S/C18H27NO2.H2/c1-13(2)17(20)11-6-5-8-15-9-7-10-16(12-15)19-18(21)14(3)4;/h7,9-10,12-14H,5-6,8,11H2,1-4H3,(H,19,21);1H. The average molecular weight is 291 g/mol. The Bertz CT molecular complexity index is 484. The molecule has 21 heavy (non-hydrogen) atoms. The van der Waals surface area contributed by atoms with E-state index < -0.39 is 0 Å². The Kier molecular flexibility index (Phi) is 7.13. The zero-order valence-corrected chi connectivity index (χ0v) is 13.6. The molecule has 0 unspecified atom stereocenters. The average Bonchev–Trinajstić information content (AvgIpc) is 2.43. The minimum absolute atomic E-state index is 0. The molecule has 1 N–H and O–H groups in total. The summed E-state index contributed by atoms with van der Waals surface area (Å²) in [5.74, 6) is 0.498. The van der Waals surface area contributed by atoms with E-state index in [4.69, 9.17) is 0 Å². The van der Waals surface area contributed by atoms with Gasteiger partial charge in [-0.05, 0) is 37.0 Å². The lowest BCUT2D eigenvalue weighted by molar-refractivity contribution is -0.122. The molecule has 1 aromatic carbocycles. The van der Waals surface area contributed by atoms with Gasteiger partial charge in [-0.1, -0.05) is 39.8 Å². The molecular weight excluding hydrogens is 262 g/mol. The highest BCUT2D eigenvalue weighted by Crippen LogP contribution is 2.15. The largest absolute Gasteiger partial charge is 0.326 e. The van der Waals surface area contributed by atoms with Crippen molar-refractivity contribution in [3.05, 3.63) is 29.8 Å². The minimum Gasteiger partial charge on any atom is -0.326 e. The first kappa shape index (κ1) is 17.4. The summed E-state index contributed by atoms with van der Waals surface area (Å²) in [6, 6.07) is 7.95. The van der Waals surface area contributed by atoms with E-state index in [9.17, 15) is 9.59 Å². The number of carbonyl (C=O) groups excluding carboxylic acids is 2. The maximum absolute atomic E-state index is 11.7. The monoisotopic (exact) mass is 291 g/mol. The van der Waals surface area contributed by atoms with Crippen molar-refractivity contribution >= 4 is 17.4 Å². The van der Waals surface area contributed by atoms with Gasteiger partial charge in [-0.25, -0.2) is 0 Å². The molecule has 0 aliphatic rings. The predicted octanol–water partition coefficient (Wildman–Crippen LogP) is 4.47. The van der Waals surface area contributed by atoms with Gasteiger partial charge in [-0.2, -0.15) is 0 Å². The second-order valence-electron chi connectivity index (χ2n) is 6.17. The summed E-state index contributed by atoms with van der Waals surface area (Å²) in [5.41, 5.74) is 2.05. The Morgan fingerprint density at radius 2 is 1.81 bits per heavy atom. The summed E-state index contributed by atoms with van der Waals surface area (Å²) in [5, 5.41) is 2.91. The molecule has 0 bridgehead atoms. The molecule has 0 spiro atoms. The molecule has 118 valence electrons. The Hall–Kier alpha value is -1.64. The maximum atomic E-state index is 11.7. The SMILES string of the molecule is CC(C)C(=O)CCCCc1cccc(NC(=O)C(C)C)c1.[HH]. The number of amides is 1. The number of hydrogen-bond acceptors (Lipinski definition) is 2. The van der Waals surface area contributed by atoms with E-state index in [-0.39, 0.29) is 19.2 Å². The Balaban J connectivity index is 0.00000441. The van der Waals surface area contributed by atoms with Crippen LogP contribution in [0.5, 0.6) is 0 Å². The van der Waals surface area contributed by atoms with Crippen LogP contribution in [0, 0.1) is 11.8 Å². The number of hydrogen-bond donors (Lipinski definition) is 1. The van der Waals surface area contributed by atoms with Crippen LogP contribution in [0.15, 0.2) is 24.3 Å². The van der Waals surface area contributed by atoms with Gasteiger partial charge in [0, 0.05) is 25.4 Å². The molecule has 3 nitrogen and oxygen atoms in total. The molecule has 0 heterocycles. The number of carbonyl (C=O) groups is 2. The first-order valence-corrected chi connectivity index (χ1v) is 7.82. The zero-order valence-electron chi connectivity index (χ0n) is 13.6. The van der Waals surface area contributed by atoms with Gasteiger partial charge in [-0.3, -0.25) is 9.59 Å². The Morgan fingerprint density at radius 3 is 2.43 bits per heavy atom. The highest BCUT2D eigenvalue weighted by Gasteiger charge is 2.08. The van der Waals surface area contributed by atoms with Crippen LogP contribution in [0.25, 0.3) is 0 Å². The molecule has 1 aromatic rings. The van der Waals surface area contributed by atoms with Crippen molar-refractivity contribution in [1.29, 1.82) is 0 Å². The number of ketones is 1. The van der Waals surface area contributed by atoms with Crippen LogP contribution in [0.3, 0.4) is 0 Å². The van der Waals surface area contributed by atoms with Crippen LogP contribution in [0.2, 0.25) is 0 Å². The van der Waals surface area contributed by atoms with Gasteiger partial charge >= 0.3 is 0 Å². The van der Waals surface area contributed by atoms with Gasteiger partial charge in [0.15, 0.2) is 0 Å². The van der Waals surface area contributed by atoms with Crippen molar-refractivity contribution < 1.29 is 11.0 Å². The smallest absolute Gasteiger partial charge is 0.226 e. The second-order valence-corrected chi connectivity index (χ2v) is 6.17. The fraction of sp³-hybridized carbons (Fsp3) is 0.556. The molecule has 0 atom stereocenters. The fourth-order valence-electron chi connectivity index (χ4n) is 2.01. The van der Waals surface area contributed by atoms with Gasteiger partial charge in [0.2, 0.25) is 5.91 Å². The van der Waals surface area contributed by atoms with Crippen LogP contribution in [0.1, 0.15) is 53.9 Å². The maximum Gasteiger partial charge on any atom is 0.226 e. The van der Waals surface area contributed by atoms with Gasteiger partial charge in [-0.15, -0.1) is 0 Å². The molecule has 0 saturated heterocycles. The lowest BCUT2D eigenvalue weighted by Gasteiger charge is -2.09.